The molecule has 7 heteroatoms. The summed E-state index contributed by atoms with van der Waals surface area (Å²) in [5, 5.41) is 2.84. The van der Waals surface area contributed by atoms with Crippen molar-refractivity contribution in [1.82, 2.24) is 9.62 Å². The van der Waals surface area contributed by atoms with Crippen LogP contribution in [0.15, 0.2) is 47.4 Å². The maximum Gasteiger partial charge on any atom is 0.257 e. The predicted molar refractivity (Wildman–Crippen MR) is 113 cm³/mol. The van der Waals surface area contributed by atoms with Gasteiger partial charge in [0.25, 0.3) is 5.91 Å². The van der Waals surface area contributed by atoms with Crippen LogP contribution in [0.1, 0.15) is 29.5 Å². The number of hydrogen-bond acceptors (Lipinski definition) is 4. The molecule has 0 atom stereocenters. The van der Waals surface area contributed by atoms with Crippen LogP contribution in [-0.4, -0.2) is 44.9 Å². The maximum atomic E-state index is 12.5. The van der Waals surface area contributed by atoms with Crippen LogP contribution in [0.25, 0.3) is 0 Å². The number of benzene rings is 2. The van der Waals surface area contributed by atoms with Crippen LogP contribution in [0, 0.1) is 13.8 Å². The zero-order chi connectivity index (χ0) is 20.9. The van der Waals surface area contributed by atoms with Crippen LogP contribution in [0.5, 0.6) is 5.75 Å². The molecule has 1 amide bonds. The zero-order valence-electron chi connectivity index (χ0n) is 17.0. The summed E-state index contributed by atoms with van der Waals surface area (Å²) in [6, 6.07) is 12.8. The zero-order valence-corrected chi connectivity index (χ0v) is 17.8. The van der Waals surface area contributed by atoms with Gasteiger partial charge in [0.1, 0.15) is 5.75 Å². The summed E-state index contributed by atoms with van der Waals surface area (Å²) in [5.74, 6) is 0.568. The van der Waals surface area contributed by atoms with Crippen molar-refractivity contribution in [2.75, 3.05) is 26.2 Å². The van der Waals surface area contributed by atoms with E-state index in [2.05, 4.69) is 5.32 Å². The first kappa shape index (κ1) is 21.3. The highest BCUT2D eigenvalue weighted by molar-refractivity contribution is 7.89. The highest BCUT2D eigenvalue weighted by Crippen LogP contribution is 2.22. The van der Waals surface area contributed by atoms with E-state index in [-0.39, 0.29) is 12.5 Å². The molecule has 1 aliphatic rings. The molecule has 1 saturated heterocycles. The SMILES string of the molecule is Cc1cccc(C)c1OCC(=O)NCCc1ccc(S(=O)(=O)N2CCCC2)cc1. The molecule has 156 valence electrons. The van der Waals surface area contributed by atoms with Crippen LogP contribution in [0.2, 0.25) is 0 Å². The number of aryl methyl sites for hydroxylation is 2. The van der Waals surface area contributed by atoms with E-state index >= 15 is 0 Å². The van der Waals surface area contributed by atoms with Crippen molar-refractivity contribution in [3.63, 3.8) is 0 Å². The maximum absolute atomic E-state index is 12.5. The third-order valence-electron chi connectivity index (χ3n) is 5.12. The van der Waals surface area contributed by atoms with Crippen molar-refractivity contribution in [2.24, 2.45) is 0 Å². The van der Waals surface area contributed by atoms with Gasteiger partial charge in [-0.2, -0.15) is 4.31 Å². The summed E-state index contributed by atoms with van der Waals surface area (Å²) in [6.45, 7) is 5.54. The van der Waals surface area contributed by atoms with Crippen LogP contribution >= 0.6 is 0 Å². The van der Waals surface area contributed by atoms with Gasteiger partial charge in [-0.15, -0.1) is 0 Å². The number of para-hydroxylation sites is 1. The van der Waals surface area contributed by atoms with Crippen LogP contribution in [0.3, 0.4) is 0 Å². The molecule has 3 rings (SSSR count). The molecular weight excluding hydrogens is 388 g/mol. The largest absolute Gasteiger partial charge is 0.483 e. The third-order valence-corrected chi connectivity index (χ3v) is 7.03. The summed E-state index contributed by atoms with van der Waals surface area (Å²) in [6.07, 6.45) is 2.47. The Balaban J connectivity index is 1.46. The number of nitrogens with zero attached hydrogens (tertiary/aromatic N) is 1. The van der Waals surface area contributed by atoms with Gasteiger partial charge in [0.15, 0.2) is 6.61 Å². The van der Waals surface area contributed by atoms with Crippen molar-refractivity contribution in [3.05, 3.63) is 59.2 Å². The summed E-state index contributed by atoms with van der Waals surface area (Å²) in [4.78, 5) is 12.4. The highest BCUT2D eigenvalue weighted by Gasteiger charge is 2.26. The lowest BCUT2D eigenvalue weighted by Gasteiger charge is -2.15. The second-order valence-corrected chi connectivity index (χ2v) is 9.30. The lowest BCUT2D eigenvalue weighted by atomic mass is 10.1. The summed E-state index contributed by atoms with van der Waals surface area (Å²) in [5.41, 5.74) is 2.98. The molecule has 0 spiro atoms. The molecule has 0 saturated carbocycles. The van der Waals surface area contributed by atoms with E-state index in [0.29, 0.717) is 31.0 Å². The molecule has 2 aromatic rings. The number of amides is 1. The summed E-state index contributed by atoms with van der Waals surface area (Å²) in [7, 11) is -3.38. The fraction of sp³-hybridized carbons (Fsp3) is 0.409. The van der Waals surface area contributed by atoms with Crippen molar-refractivity contribution in [3.8, 4) is 5.75 Å². The summed E-state index contributed by atoms with van der Waals surface area (Å²) >= 11 is 0. The van der Waals surface area contributed by atoms with Gasteiger partial charge >= 0.3 is 0 Å². The number of carbonyl (C=O) groups excluding carboxylic acids is 1. The van der Waals surface area contributed by atoms with E-state index in [0.717, 1.165) is 35.3 Å². The van der Waals surface area contributed by atoms with Gasteiger partial charge in [-0.25, -0.2) is 8.42 Å². The van der Waals surface area contributed by atoms with Crippen molar-refractivity contribution < 1.29 is 17.9 Å². The standard InChI is InChI=1S/C22H28N2O4S/c1-17-6-5-7-18(2)22(17)28-16-21(25)23-13-12-19-8-10-20(11-9-19)29(26,27)24-14-3-4-15-24/h5-11H,3-4,12-16H2,1-2H3,(H,23,25). The van der Waals surface area contributed by atoms with Gasteiger partial charge < -0.3 is 10.1 Å². The normalized spacial score (nSPS) is 14.7. The number of hydrogen-bond donors (Lipinski definition) is 1. The Bertz CT molecular complexity index is 929. The van der Waals surface area contributed by atoms with Crippen molar-refractivity contribution in [1.29, 1.82) is 0 Å². The van der Waals surface area contributed by atoms with Crippen LogP contribution < -0.4 is 10.1 Å². The van der Waals surface area contributed by atoms with E-state index in [1.54, 1.807) is 16.4 Å². The number of carbonyl (C=O) groups is 1. The van der Waals surface area contributed by atoms with Crippen molar-refractivity contribution >= 4 is 15.9 Å². The minimum Gasteiger partial charge on any atom is -0.483 e. The summed E-state index contributed by atoms with van der Waals surface area (Å²) < 4.78 is 32.3. The minimum atomic E-state index is -3.38. The first-order chi connectivity index (χ1) is 13.9. The minimum absolute atomic E-state index is 0.0291. The Labute approximate surface area is 172 Å². The fourth-order valence-corrected chi connectivity index (χ4v) is 4.98. The van der Waals surface area contributed by atoms with E-state index in [1.807, 2.05) is 44.2 Å². The molecule has 2 aromatic carbocycles. The first-order valence-electron chi connectivity index (χ1n) is 9.93. The molecule has 1 fully saturated rings. The molecule has 0 aliphatic carbocycles. The van der Waals surface area contributed by atoms with E-state index in [1.165, 1.54) is 0 Å². The quantitative estimate of drug-likeness (QED) is 0.718. The smallest absolute Gasteiger partial charge is 0.257 e. The second kappa shape index (κ2) is 9.41. The first-order valence-corrected chi connectivity index (χ1v) is 11.4. The average molecular weight is 417 g/mol. The van der Waals surface area contributed by atoms with E-state index < -0.39 is 10.0 Å². The Morgan fingerprint density at radius 1 is 1.03 bits per heavy atom. The molecule has 0 unspecified atom stereocenters. The molecule has 1 heterocycles. The molecule has 29 heavy (non-hydrogen) atoms. The number of rotatable bonds is 8. The molecule has 0 aromatic heterocycles. The highest BCUT2D eigenvalue weighted by atomic mass is 32.2. The van der Waals surface area contributed by atoms with Crippen LogP contribution in [0.4, 0.5) is 0 Å². The topological polar surface area (TPSA) is 75.7 Å². The molecule has 1 aliphatic heterocycles. The molecule has 0 bridgehead atoms. The van der Waals surface area contributed by atoms with Crippen molar-refractivity contribution in [2.45, 2.75) is 38.0 Å². The average Bonchev–Trinajstić information content (AvgIpc) is 3.24. The second-order valence-electron chi connectivity index (χ2n) is 7.36. The Kier molecular flexibility index (Phi) is 6.92. The van der Waals surface area contributed by atoms with E-state index in [9.17, 15) is 13.2 Å². The Morgan fingerprint density at radius 2 is 1.66 bits per heavy atom. The number of sulfonamides is 1. The van der Waals surface area contributed by atoms with Gasteiger partial charge in [-0.05, 0) is 61.9 Å². The van der Waals surface area contributed by atoms with Gasteiger partial charge in [0, 0.05) is 19.6 Å². The molecular formula is C22H28N2O4S. The monoisotopic (exact) mass is 416 g/mol. The lowest BCUT2D eigenvalue weighted by molar-refractivity contribution is -0.123. The fourth-order valence-electron chi connectivity index (χ4n) is 3.47. The molecule has 1 N–H and O–H groups in total. The third kappa shape index (κ3) is 5.36. The molecule has 6 nitrogen and oxygen atoms in total. The van der Waals surface area contributed by atoms with E-state index in [4.69, 9.17) is 4.74 Å². The van der Waals surface area contributed by atoms with Gasteiger partial charge in [0.2, 0.25) is 10.0 Å². The predicted octanol–water partition coefficient (Wildman–Crippen LogP) is 2.83. The van der Waals surface area contributed by atoms with Crippen LogP contribution in [-0.2, 0) is 21.2 Å². The molecule has 0 radical (unpaired) electrons. The lowest BCUT2D eigenvalue weighted by Crippen LogP contribution is -2.30. The van der Waals surface area contributed by atoms with Gasteiger partial charge in [-0.1, -0.05) is 30.3 Å². The Morgan fingerprint density at radius 3 is 2.28 bits per heavy atom. The van der Waals surface area contributed by atoms with Gasteiger partial charge in [-0.3, -0.25) is 4.79 Å². The number of nitrogens with one attached hydrogen (secondary N) is 1. The van der Waals surface area contributed by atoms with Gasteiger partial charge in [0.05, 0.1) is 4.90 Å². The number of ether oxygens (including phenoxy) is 1. The Hall–Kier alpha value is -2.38.